The fraction of sp³-hybridized carbons (Fsp3) is 0.238. The highest BCUT2D eigenvalue weighted by Crippen LogP contribution is 2.31. The number of nitrogens with zero attached hydrogens (tertiary/aromatic N) is 3. The van der Waals surface area contributed by atoms with E-state index >= 15 is 0 Å². The van der Waals surface area contributed by atoms with Crippen molar-refractivity contribution in [2.24, 2.45) is 0 Å². The van der Waals surface area contributed by atoms with Gasteiger partial charge in [0.25, 0.3) is 0 Å². The molecular weight excluding hydrogens is 322 g/mol. The molecule has 1 aromatic heterocycles. The van der Waals surface area contributed by atoms with E-state index in [9.17, 15) is 0 Å². The van der Waals surface area contributed by atoms with E-state index in [0.29, 0.717) is 11.5 Å². The molecule has 0 bridgehead atoms. The zero-order valence-corrected chi connectivity index (χ0v) is 15.3. The third kappa shape index (κ3) is 3.77. The van der Waals surface area contributed by atoms with Gasteiger partial charge in [-0.1, -0.05) is 60.7 Å². The summed E-state index contributed by atoms with van der Waals surface area (Å²) in [6, 6.07) is 20.6. The van der Waals surface area contributed by atoms with Crippen molar-refractivity contribution in [1.82, 2.24) is 9.97 Å². The first-order valence-corrected chi connectivity index (χ1v) is 8.96. The van der Waals surface area contributed by atoms with Crippen LogP contribution in [0.5, 0.6) is 0 Å². The van der Waals surface area contributed by atoms with Crippen molar-refractivity contribution in [1.29, 1.82) is 0 Å². The maximum Gasteiger partial charge on any atom is 0.157 e. The van der Waals surface area contributed by atoms with E-state index in [0.717, 1.165) is 30.0 Å². The summed E-state index contributed by atoms with van der Waals surface area (Å²) in [7, 11) is 0. The lowest BCUT2D eigenvalue weighted by Gasteiger charge is -2.25. The monoisotopic (exact) mass is 347 g/mol. The highest BCUT2D eigenvalue weighted by atomic mass is 15.2. The van der Waals surface area contributed by atoms with Crippen molar-refractivity contribution in [3.63, 3.8) is 0 Å². The Kier molecular flexibility index (Phi) is 5.69. The molecule has 0 saturated carbocycles. The van der Waals surface area contributed by atoms with Gasteiger partial charge in [-0.2, -0.15) is 0 Å². The van der Waals surface area contributed by atoms with Crippen LogP contribution < -0.4 is 16.0 Å². The molecule has 0 fully saturated rings. The molecule has 5 nitrogen and oxygen atoms in total. The quantitative estimate of drug-likeness (QED) is 0.673. The van der Waals surface area contributed by atoms with Crippen LogP contribution in [-0.2, 0) is 0 Å². The third-order valence-electron chi connectivity index (χ3n) is 4.47. The minimum absolute atomic E-state index is 0.0425. The Morgan fingerprint density at radius 2 is 1.42 bits per heavy atom. The maximum absolute atomic E-state index is 6.41. The number of hydrogen-bond acceptors (Lipinski definition) is 5. The Balaban J connectivity index is 1.99. The van der Waals surface area contributed by atoms with Gasteiger partial charge >= 0.3 is 0 Å². The summed E-state index contributed by atoms with van der Waals surface area (Å²) in [5, 5.41) is 3.52. The summed E-state index contributed by atoms with van der Waals surface area (Å²) in [4.78, 5) is 10.9. The van der Waals surface area contributed by atoms with Crippen LogP contribution in [0.1, 0.15) is 31.0 Å². The maximum atomic E-state index is 6.41. The van der Waals surface area contributed by atoms with Crippen molar-refractivity contribution >= 4 is 17.3 Å². The molecule has 0 unspecified atom stereocenters. The standard InChI is InChI=1S/C21H25N5/c1-3-26(4-2)21-18(22)20(23-15-24-21)25-19(16-11-7-5-8-12-16)17-13-9-6-10-14-17/h5-15,19H,3-4,22H2,1-2H3,(H,23,24,25). The van der Waals surface area contributed by atoms with Crippen LogP contribution in [0.2, 0.25) is 0 Å². The van der Waals surface area contributed by atoms with Gasteiger partial charge in [-0.15, -0.1) is 0 Å². The number of anilines is 3. The molecule has 26 heavy (non-hydrogen) atoms. The highest BCUT2D eigenvalue weighted by molar-refractivity contribution is 5.75. The summed E-state index contributed by atoms with van der Waals surface area (Å²) >= 11 is 0. The predicted octanol–water partition coefficient (Wildman–Crippen LogP) is 4.11. The average Bonchev–Trinajstić information content (AvgIpc) is 2.70. The van der Waals surface area contributed by atoms with E-state index in [4.69, 9.17) is 5.73 Å². The number of nitrogens with one attached hydrogen (secondary N) is 1. The summed E-state index contributed by atoms with van der Waals surface area (Å²) in [5.41, 5.74) is 9.30. The fourth-order valence-corrected chi connectivity index (χ4v) is 3.06. The van der Waals surface area contributed by atoms with Gasteiger partial charge in [-0.05, 0) is 25.0 Å². The van der Waals surface area contributed by atoms with Crippen molar-refractivity contribution in [3.8, 4) is 0 Å². The molecule has 0 radical (unpaired) electrons. The Morgan fingerprint density at radius 1 is 0.885 bits per heavy atom. The van der Waals surface area contributed by atoms with Crippen LogP contribution in [0, 0.1) is 0 Å². The summed E-state index contributed by atoms with van der Waals surface area (Å²) in [6.45, 7) is 5.87. The van der Waals surface area contributed by atoms with Gasteiger partial charge in [0.1, 0.15) is 12.0 Å². The Bertz CT molecular complexity index is 777. The molecule has 134 valence electrons. The number of rotatable bonds is 7. The lowest BCUT2D eigenvalue weighted by atomic mass is 9.99. The number of nitrogen functional groups attached to an aromatic ring is 1. The summed E-state index contributed by atoms with van der Waals surface area (Å²) in [5.74, 6) is 1.42. The molecule has 1 heterocycles. The predicted molar refractivity (Wildman–Crippen MR) is 108 cm³/mol. The van der Waals surface area contributed by atoms with E-state index in [1.165, 1.54) is 0 Å². The van der Waals surface area contributed by atoms with Gasteiger partial charge in [0.15, 0.2) is 11.6 Å². The van der Waals surface area contributed by atoms with Crippen LogP contribution >= 0.6 is 0 Å². The molecule has 0 spiro atoms. The smallest absolute Gasteiger partial charge is 0.157 e. The number of benzene rings is 2. The van der Waals surface area contributed by atoms with Crippen molar-refractivity contribution in [3.05, 3.63) is 78.1 Å². The molecule has 0 saturated heterocycles. The molecule has 0 aliphatic carbocycles. The first kappa shape index (κ1) is 17.7. The number of nitrogens with two attached hydrogens (primary N) is 1. The molecular formula is C21H25N5. The van der Waals surface area contributed by atoms with Crippen LogP contribution in [0.4, 0.5) is 17.3 Å². The zero-order chi connectivity index (χ0) is 18.4. The van der Waals surface area contributed by atoms with Crippen LogP contribution in [0.15, 0.2) is 67.0 Å². The second kappa shape index (κ2) is 8.34. The normalized spacial score (nSPS) is 10.7. The first-order chi connectivity index (χ1) is 12.7. The third-order valence-corrected chi connectivity index (χ3v) is 4.47. The first-order valence-electron chi connectivity index (χ1n) is 8.96. The zero-order valence-electron chi connectivity index (χ0n) is 15.3. The van der Waals surface area contributed by atoms with E-state index in [-0.39, 0.29) is 6.04 Å². The van der Waals surface area contributed by atoms with Gasteiger partial charge in [0.2, 0.25) is 0 Å². The lowest BCUT2D eigenvalue weighted by Crippen LogP contribution is -2.25. The van der Waals surface area contributed by atoms with E-state index in [1.807, 2.05) is 36.4 Å². The second-order valence-corrected chi connectivity index (χ2v) is 6.03. The second-order valence-electron chi connectivity index (χ2n) is 6.03. The molecule has 5 heteroatoms. The SMILES string of the molecule is CCN(CC)c1ncnc(NC(c2ccccc2)c2ccccc2)c1N. The molecule has 0 amide bonds. The molecule has 0 aliphatic rings. The van der Waals surface area contributed by atoms with Crippen molar-refractivity contribution < 1.29 is 0 Å². The molecule has 0 atom stereocenters. The molecule has 3 N–H and O–H groups in total. The van der Waals surface area contributed by atoms with E-state index in [1.54, 1.807) is 6.33 Å². The summed E-state index contributed by atoms with van der Waals surface area (Å²) < 4.78 is 0. The minimum Gasteiger partial charge on any atom is -0.393 e. The Morgan fingerprint density at radius 3 is 1.92 bits per heavy atom. The Hall–Kier alpha value is -3.08. The molecule has 2 aromatic carbocycles. The van der Waals surface area contributed by atoms with Gasteiger partial charge in [-0.25, -0.2) is 9.97 Å². The summed E-state index contributed by atoms with van der Waals surface area (Å²) in [6.07, 6.45) is 1.57. The van der Waals surface area contributed by atoms with E-state index in [2.05, 4.69) is 58.3 Å². The average molecular weight is 347 g/mol. The molecule has 3 aromatic rings. The van der Waals surface area contributed by atoms with Crippen molar-refractivity contribution in [2.45, 2.75) is 19.9 Å². The highest BCUT2D eigenvalue weighted by Gasteiger charge is 2.18. The van der Waals surface area contributed by atoms with Crippen LogP contribution in [0.25, 0.3) is 0 Å². The van der Waals surface area contributed by atoms with E-state index < -0.39 is 0 Å². The minimum atomic E-state index is -0.0425. The molecule has 3 rings (SSSR count). The Labute approximate surface area is 154 Å². The van der Waals surface area contributed by atoms with Gasteiger partial charge < -0.3 is 16.0 Å². The largest absolute Gasteiger partial charge is 0.393 e. The number of aromatic nitrogens is 2. The van der Waals surface area contributed by atoms with Crippen LogP contribution in [-0.4, -0.2) is 23.1 Å². The van der Waals surface area contributed by atoms with Crippen molar-refractivity contribution in [2.75, 3.05) is 29.0 Å². The van der Waals surface area contributed by atoms with Crippen LogP contribution in [0.3, 0.4) is 0 Å². The van der Waals surface area contributed by atoms with Gasteiger partial charge in [-0.3, -0.25) is 0 Å². The van der Waals surface area contributed by atoms with Gasteiger partial charge in [0.05, 0.1) is 6.04 Å². The fourth-order valence-electron chi connectivity index (χ4n) is 3.06. The molecule has 0 aliphatic heterocycles. The lowest BCUT2D eigenvalue weighted by molar-refractivity contribution is 0.841. The number of hydrogen-bond donors (Lipinski definition) is 2. The van der Waals surface area contributed by atoms with Gasteiger partial charge in [0, 0.05) is 13.1 Å². The topological polar surface area (TPSA) is 67.1 Å².